The fourth-order valence-corrected chi connectivity index (χ4v) is 2.37. The molecule has 0 bridgehead atoms. The minimum atomic E-state index is -4.49. The third kappa shape index (κ3) is 3.05. The van der Waals surface area contributed by atoms with E-state index >= 15 is 0 Å². The highest BCUT2D eigenvalue weighted by Crippen LogP contribution is 2.31. The SMILES string of the molecule is CCc1nn(C)c(CC)c1Nc1cc(C)c(C(F)(F)F)nn1. The molecule has 8 heteroatoms. The van der Waals surface area contributed by atoms with Crippen molar-refractivity contribution in [2.45, 2.75) is 39.8 Å². The molecule has 22 heavy (non-hydrogen) atoms. The molecule has 0 spiro atoms. The molecule has 0 amide bonds. The average molecular weight is 313 g/mol. The van der Waals surface area contributed by atoms with E-state index in [1.807, 2.05) is 20.9 Å². The zero-order valence-electron chi connectivity index (χ0n) is 12.9. The summed E-state index contributed by atoms with van der Waals surface area (Å²) in [5.41, 5.74) is 1.68. The number of halogens is 3. The number of hydrogen-bond donors (Lipinski definition) is 1. The van der Waals surface area contributed by atoms with Crippen molar-refractivity contribution in [3.8, 4) is 0 Å². The van der Waals surface area contributed by atoms with Gasteiger partial charge in [-0.3, -0.25) is 4.68 Å². The van der Waals surface area contributed by atoms with E-state index in [0.717, 1.165) is 23.5 Å². The Balaban J connectivity index is 2.38. The predicted molar refractivity (Wildman–Crippen MR) is 77.0 cm³/mol. The molecule has 0 saturated carbocycles. The summed E-state index contributed by atoms with van der Waals surface area (Å²) in [6.45, 7) is 5.33. The molecule has 0 aliphatic rings. The molecular weight excluding hydrogens is 295 g/mol. The Morgan fingerprint density at radius 1 is 1.18 bits per heavy atom. The van der Waals surface area contributed by atoms with E-state index in [9.17, 15) is 13.2 Å². The first-order valence-corrected chi connectivity index (χ1v) is 7.01. The maximum atomic E-state index is 12.7. The van der Waals surface area contributed by atoms with Gasteiger partial charge in [0, 0.05) is 7.05 Å². The van der Waals surface area contributed by atoms with Crippen LogP contribution in [0.15, 0.2) is 6.07 Å². The van der Waals surface area contributed by atoms with Crippen molar-refractivity contribution in [1.82, 2.24) is 20.0 Å². The number of nitrogens with one attached hydrogen (secondary N) is 1. The minimum Gasteiger partial charge on any atom is -0.336 e. The summed E-state index contributed by atoms with van der Waals surface area (Å²) in [5.74, 6) is 0.280. The fourth-order valence-electron chi connectivity index (χ4n) is 2.37. The Morgan fingerprint density at radius 2 is 1.86 bits per heavy atom. The van der Waals surface area contributed by atoms with Crippen LogP contribution < -0.4 is 5.32 Å². The zero-order chi connectivity index (χ0) is 16.5. The molecule has 2 rings (SSSR count). The summed E-state index contributed by atoms with van der Waals surface area (Å²) >= 11 is 0. The van der Waals surface area contributed by atoms with Crippen LogP contribution in [0.3, 0.4) is 0 Å². The molecule has 0 unspecified atom stereocenters. The van der Waals surface area contributed by atoms with Crippen LogP contribution in [0, 0.1) is 6.92 Å². The van der Waals surface area contributed by atoms with Gasteiger partial charge in [0.25, 0.3) is 0 Å². The lowest BCUT2D eigenvalue weighted by atomic mass is 10.2. The predicted octanol–water partition coefficient (Wildman–Crippen LogP) is 3.41. The molecule has 120 valence electrons. The molecule has 0 saturated heterocycles. The van der Waals surface area contributed by atoms with Crippen molar-refractivity contribution >= 4 is 11.5 Å². The third-order valence-electron chi connectivity index (χ3n) is 3.41. The first-order chi connectivity index (χ1) is 10.3. The second kappa shape index (κ2) is 5.94. The molecule has 2 aromatic heterocycles. The second-order valence-corrected chi connectivity index (χ2v) is 4.98. The van der Waals surface area contributed by atoms with Crippen molar-refractivity contribution < 1.29 is 13.2 Å². The van der Waals surface area contributed by atoms with E-state index in [1.165, 1.54) is 13.0 Å². The second-order valence-electron chi connectivity index (χ2n) is 4.98. The minimum absolute atomic E-state index is 0.0324. The summed E-state index contributed by atoms with van der Waals surface area (Å²) in [4.78, 5) is 0. The van der Waals surface area contributed by atoms with Gasteiger partial charge in [0.05, 0.1) is 17.1 Å². The fraction of sp³-hybridized carbons (Fsp3) is 0.500. The molecule has 2 heterocycles. The van der Waals surface area contributed by atoms with Gasteiger partial charge >= 0.3 is 6.18 Å². The quantitative estimate of drug-likeness (QED) is 0.940. The Labute approximate surface area is 126 Å². The third-order valence-corrected chi connectivity index (χ3v) is 3.41. The lowest BCUT2D eigenvalue weighted by molar-refractivity contribution is -0.142. The van der Waals surface area contributed by atoms with Crippen LogP contribution in [0.5, 0.6) is 0 Å². The van der Waals surface area contributed by atoms with Gasteiger partial charge in [-0.2, -0.15) is 18.3 Å². The van der Waals surface area contributed by atoms with Crippen LogP contribution in [0.25, 0.3) is 0 Å². The van der Waals surface area contributed by atoms with Crippen LogP contribution in [-0.2, 0) is 26.1 Å². The molecule has 0 atom stereocenters. The van der Waals surface area contributed by atoms with E-state index in [0.29, 0.717) is 6.42 Å². The number of aryl methyl sites for hydroxylation is 3. The normalized spacial score (nSPS) is 11.8. The molecule has 0 aliphatic carbocycles. The summed E-state index contributed by atoms with van der Waals surface area (Å²) in [6.07, 6.45) is -3.03. The zero-order valence-corrected chi connectivity index (χ0v) is 12.9. The van der Waals surface area contributed by atoms with Gasteiger partial charge < -0.3 is 5.32 Å². The van der Waals surface area contributed by atoms with Crippen LogP contribution in [-0.4, -0.2) is 20.0 Å². The number of rotatable bonds is 4. The molecule has 0 radical (unpaired) electrons. The van der Waals surface area contributed by atoms with Crippen LogP contribution in [0.4, 0.5) is 24.7 Å². The van der Waals surface area contributed by atoms with Crippen LogP contribution in [0.2, 0.25) is 0 Å². The molecule has 2 aromatic rings. The van der Waals surface area contributed by atoms with Crippen LogP contribution in [0.1, 0.15) is 36.5 Å². The Bertz CT molecular complexity index is 676. The average Bonchev–Trinajstić information content (AvgIpc) is 2.72. The molecule has 0 fully saturated rings. The highest BCUT2D eigenvalue weighted by Gasteiger charge is 2.35. The number of nitrogens with zero attached hydrogens (tertiary/aromatic N) is 4. The van der Waals surface area contributed by atoms with E-state index in [1.54, 1.807) is 4.68 Å². The standard InChI is InChI=1S/C14H18F3N5/c1-5-9-12(10(6-2)22(4)21-9)18-11-7-8(3)13(20-19-11)14(15,16)17/h7H,5-6H2,1-4H3,(H,18,19). The van der Waals surface area contributed by atoms with Crippen molar-refractivity contribution in [3.05, 3.63) is 28.7 Å². The van der Waals surface area contributed by atoms with Crippen molar-refractivity contribution in [2.75, 3.05) is 5.32 Å². The van der Waals surface area contributed by atoms with E-state index < -0.39 is 11.9 Å². The van der Waals surface area contributed by atoms with Gasteiger partial charge in [-0.05, 0) is 31.4 Å². The number of hydrogen-bond acceptors (Lipinski definition) is 4. The largest absolute Gasteiger partial charge is 0.435 e. The number of anilines is 2. The highest BCUT2D eigenvalue weighted by molar-refractivity contribution is 5.62. The Morgan fingerprint density at radius 3 is 2.36 bits per heavy atom. The van der Waals surface area contributed by atoms with E-state index in [4.69, 9.17) is 0 Å². The lowest BCUT2D eigenvalue weighted by Crippen LogP contribution is -2.12. The Kier molecular flexibility index (Phi) is 4.39. The van der Waals surface area contributed by atoms with E-state index in [-0.39, 0.29) is 11.4 Å². The van der Waals surface area contributed by atoms with Crippen LogP contribution >= 0.6 is 0 Å². The molecule has 0 aromatic carbocycles. The van der Waals surface area contributed by atoms with Crippen molar-refractivity contribution in [1.29, 1.82) is 0 Å². The maximum absolute atomic E-state index is 12.7. The van der Waals surface area contributed by atoms with Gasteiger partial charge in [0.15, 0.2) is 11.5 Å². The van der Waals surface area contributed by atoms with Gasteiger partial charge in [0.1, 0.15) is 0 Å². The van der Waals surface area contributed by atoms with Crippen molar-refractivity contribution in [3.63, 3.8) is 0 Å². The number of alkyl halides is 3. The van der Waals surface area contributed by atoms with Gasteiger partial charge in [-0.1, -0.05) is 13.8 Å². The highest BCUT2D eigenvalue weighted by atomic mass is 19.4. The summed E-state index contributed by atoms with van der Waals surface area (Å²) < 4.78 is 39.9. The first kappa shape index (κ1) is 16.3. The lowest BCUT2D eigenvalue weighted by Gasteiger charge is -2.11. The molecule has 1 N–H and O–H groups in total. The maximum Gasteiger partial charge on any atom is 0.435 e. The van der Waals surface area contributed by atoms with Gasteiger partial charge in [-0.15, -0.1) is 10.2 Å². The topological polar surface area (TPSA) is 55.6 Å². The van der Waals surface area contributed by atoms with E-state index in [2.05, 4.69) is 20.6 Å². The van der Waals surface area contributed by atoms with Gasteiger partial charge in [0.2, 0.25) is 0 Å². The first-order valence-electron chi connectivity index (χ1n) is 7.01. The Hall–Kier alpha value is -2.12. The summed E-state index contributed by atoms with van der Waals surface area (Å²) in [7, 11) is 1.84. The summed E-state index contributed by atoms with van der Waals surface area (Å²) in [6, 6.07) is 1.35. The van der Waals surface area contributed by atoms with Crippen molar-refractivity contribution in [2.24, 2.45) is 7.05 Å². The van der Waals surface area contributed by atoms with Gasteiger partial charge in [-0.25, -0.2) is 0 Å². The molecule has 5 nitrogen and oxygen atoms in total. The smallest absolute Gasteiger partial charge is 0.336 e. The molecular formula is C14H18F3N5. The molecule has 0 aliphatic heterocycles. The number of aromatic nitrogens is 4. The summed E-state index contributed by atoms with van der Waals surface area (Å²) in [5, 5.41) is 14.4. The monoisotopic (exact) mass is 313 g/mol.